The van der Waals surface area contributed by atoms with Crippen LogP contribution < -0.4 is 13.8 Å². The van der Waals surface area contributed by atoms with Gasteiger partial charge in [0, 0.05) is 0 Å². The number of piperazine rings is 1. The molecule has 1 aliphatic heterocycles. The molecule has 1 aliphatic rings. The van der Waals surface area contributed by atoms with Crippen LogP contribution in [-0.2, 0) is 10.1 Å². The van der Waals surface area contributed by atoms with Gasteiger partial charge in [-0.25, -0.2) is 0 Å². The Morgan fingerprint density at radius 3 is 2.39 bits per heavy atom. The highest BCUT2D eigenvalue weighted by molar-refractivity contribution is 7.87. The van der Waals surface area contributed by atoms with Crippen LogP contribution in [0.3, 0.4) is 0 Å². The lowest BCUT2D eigenvalue weighted by Crippen LogP contribution is -3.11. The van der Waals surface area contributed by atoms with Gasteiger partial charge in [-0.05, 0) is 42.8 Å². The van der Waals surface area contributed by atoms with Crippen LogP contribution in [0.1, 0.15) is 11.1 Å². The molecule has 1 heterocycles. The van der Waals surface area contributed by atoms with Crippen molar-refractivity contribution in [1.82, 2.24) is 5.01 Å². The van der Waals surface area contributed by atoms with E-state index in [0.29, 0.717) is 5.75 Å². The molecule has 150 valence electrons. The second kappa shape index (κ2) is 8.62. The zero-order valence-electron chi connectivity index (χ0n) is 16.4. The summed E-state index contributed by atoms with van der Waals surface area (Å²) in [6.07, 6.45) is 1.75. The molecule has 1 N–H and O–H groups in total. The summed E-state index contributed by atoms with van der Waals surface area (Å²) in [6.45, 7) is 5.84. The Morgan fingerprint density at radius 2 is 1.75 bits per heavy atom. The molecule has 0 aromatic heterocycles. The Labute approximate surface area is 166 Å². The first-order chi connectivity index (χ1) is 13.4. The molecule has 0 unspecified atom stereocenters. The van der Waals surface area contributed by atoms with Gasteiger partial charge in [0.15, 0.2) is 11.5 Å². The SMILES string of the molecule is COc1cc(/C=N\N2CC[NH+](C)CC2)ccc1OS(=O)(=O)c1ccc(C)cc1. The molecule has 8 heteroatoms. The topological polar surface area (TPSA) is 72.6 Å². The van der Waals surface area contributed by atoms with Crippen LogP contribution in [0.25, 0.3) is 0 Å². The second-order valence-electron chi connectivity index (χ2n) is 6.92. The third-order valence-corrected chi connectivity index (χ3v) is 5.91. The fraction of sp³-hybridized carbons (Fsp3) is 0.350. The van der Waals surface area contributed by atoms with E-state index in [4.69, 9.17) is 8.92 Å². The van der Waals surface area contributed by atoms with E-state index in [2.05, 4.69) is 12.1 Å². The number of aryl methyl sites for hydroxylation is 1. The van der Waals surface area contributed by atoms with Crippen LogP contribution in [0.4, 0.5) is 0 Å². The fourth-order valence-electron chi connectivity index (χ4n) is 2.84. The number of likely N-dealkylation sites (N-methyl/N-ethyl adjacent to an activating group) is 1. The van der Waals surface area contributed by atoms with Crippen molar-refractivity contribution in [3.05, 3.63) is 53.6 Å². The zero-order valence-corrected chi connectivity index (χ0v) is 17.2. The van der Waals surface area contributed by atoms with Gasteiger partial charge < -0.3 is 13.8 Å². The first-order valence-electron chi connectivity index (χ1n) is 9.17. The maximum absolute atomic E-state index is 12.5. The highest BCUT2D eigenvalue weighted by Crippen LogP contribution is 2.30. The van der Waals surface area contributed by atoms with Crippen molar-refractivity contribution in [3.8, 4) is 11.5 Å². The summed E-state index contributed by atoms with van der Waals surface area (Å²) in [6, 6.07) is 11.6. The van der Waals surface area contributed by atoms with Crippen LogP contribution in [0.15, 0.2) is 52.5 Å². The number of quaternary nitrogens is 1. The average Bonchev–Trinajstić information content (AvgIpc) is 2.68. The highest BCUT2D eigenvalue weighted by Gasteiger charge is 2.19. The monoisotopic (exact) mass is 404 g/mol. The third-order valence-electron chi connectivity index (χ3n) is 4.66. The largest absolute Gasteiger partial charge is 0.493 e. The summed E-state index contributed by atoms with van der Waals surface area (Å²) < 4.78 is 35.6. The minimum Gasteiger partial charge on any atom is -0.493 e. The predicted molar refractivity (Wildman–Crippen MR) is 108 cm³/mol. The van der Waals surface area contributed by atoms with Gasteiger partial charge >= 0.3 is 10.1 Å². The van der Waals surface area contributed by atoms with Crippen LogP contribution in [-0.4, -0.2) is 60.0 Å². The van der Waals surface area contributed by atoms with Gasteiger partial charge in [-0.15, -0.1) is 0 Å². The van der Waals surface area contributed by atoms with Gasteiger partial charge in [-0.3, -0.25) is 5.01 Å². The molecule has 0 saturated carbocycles. The molecule has 1 fully saturated rings. The zero-order chi connectivity index (χ0) is 20.1. The van der Waals surface area contributed by atoms with Crippen LogP contribution in [0, 0.1) is 6.92 Å². The van der Waals surface area contributed by atoms with Gasteiger partial charge in [-0.1, -0.05) is 17.7 Å². The van der Waals surface area contributed by atoms with Gasteiger partial charge in [-0.2, -0.15) is 13.5 Å². The van der Waals surface area contributed by atoms with Crippen LogP contribution in [0.2, 0.25) is 0 Å². The summed E-state index contributed by atoms with van der Waals surface area (Å²) in [4.78, 5) is 1.60. The number of hydrazone groups is 1. The van der Waals surface area contributed by atoms with Crippen LogP contribution >= 0.6 is 0 Å². The fourth-order valence-corrected chi connectivity index (χ4v) is 3.78. The Kier molecular flexibility index (Phi) is 6.21. The van der Waals surface area contributed by atoms with Gasteiger partial charge in [0.1, 0.15) is 4.90 Å². The van der Waals surface area contributed by atoms with Crippen molar-refractivity contribution in [2.75, 3.05) is 40.3 Å². The smallest absolute Gasteiger partial charge is 0.339 e. The van der Waals surface area contributed by atoms with Crippen LogP contribution in [0.5, 0.6) is 11.5 Å². The van der Waals surface area contributed by atoms with E-state index in [1.807, 2.05) is 11.9 Å². The molecular formula is C20H26N3O4S+. The lowest BCUT2D eigenvalue weighted by atomic mass is 10.2. The molecule has 1 saturated heterocycles. The maximum Gasteiger partial charge on any atom is 0.339 e. The number of rotatable bonds is 6. The molecule has 7 nitrogen and oxygen atoms in total. The molecular weight excluding hydrogens is 378 g/mol. The van der Waals surface area contributed by atoms with Gasteiger partial charge in [0.25, 0.3) is 0 Å². The van der Waals surface area contributed by atoms with Gasteiger partial charge in [0.05, 0.1) is 46.6 Å². The summed E-state index contributed by atoms with van der Waals surface area (Å²) in [7, 11) is -0.281. The van der Waals surface area contributed by atoms with Crippen molar-refractivity contribution in [2.24, 2.45) is 5.10 Å². The molecule has 0 radical (unpaired) electrons. The molecule has 28 heavy (non-hydrogen) atoms. The summed E-state index contributed by atoms with van der Waals surface area (Å²) in [5, 5.41) is 6.54. The number of nitrogens with zero attached hydrogens (tertiary/aromatic N) is 2. The maximum atomic E-state index is 12.5. The number of hydrogen-bond acceptors (Lipinski definition) is 6. The quantitative estimate of drug-likeness (QED) is 0.573. The second-order valence-corrected chi connectivity index (χ2v) is 8.46. The number of hydrogen-bond donors (Lipinski definition) is 1. The molecule has 3 rings (SSSR count). The van der Waals surface area contributed by atoms with Gasteiger partial charge in [0.2, 0.25) is 0 Å². The van der Waals surface area contributed by atoms with E-state index in [-0.39, 0.29) is 10.6 Å². The van der Waals surface area contributed by atoms with E-state index in [1.54, 1.807) is 36.5 Å². The van der Waals surface area contributed by atoms with E-state index < -0.39 is 10.1 Å². The molecule has 0 atom stereocenters. The lowest BCUT2D eigenvalue weighted by molar-refractivity contribution is -0.884. The van der Waals surface area contributed by atoms with E-state index in [1.165, 1.54) is 24.1 Å². The van der Waals surface area contributed by atoms with E-state index in [0.717, 1.165) is 37.3 Å². The van der Waals surface area contributed by atoms with Crippen molar-refractivity contribution in [3.63, 3.8) is 0 Å². The lowest BCUT2D eigenvalue weighted by Gasteiger charge is -2.27. The Hall–Kier alpha value is -2.58. The first-order valence-corrected chi connectivity index (χ1v) is 10.6. The normalized spacial score (nSPS) is 15.8. The minimum atomic E-state index is -3.93. The first kappa shape index (κ1) is 20.2. The van der Waals surface area contributed by atoms with Crippen molar-refractivity contribution < 1.29 is 22.2 Å². The molecule has 0 amide bonds. The van der Waals surface area contributed by atoms with Crippen molar-refractivity contribution in [1.29, 1.82) is 0 Å². The summed E-state index contributed by atoms with van der Waals surface area (Å²) >= 11 is 0. The molecule has 0 bridgehead atoms. The number of ether oxygens (including phenoxy) is 1. The Morgan fingerprint density at radius 1 is 1.07 bits per heavy atom. The number of benzene rings is 2. The predicted octanol–water partition coefficient (Wildman–Crippen LogP) is 0.936. The van der Waals surface area contributed by atoms with E-state index in [9.17, 15) is 8.42 Å². The number of methoxy groups -OCH3 is 1. The minimum absolute atomic E-state index is 0.1000. The number of nitrogens with one attached hydrogen (secondary N) is 1. The highest BCUT2D eigenvalue weighted by atomic mass is 32.2. The van der Waals surface area contributed by atoms with E-state index >= 15 is 0 Å². The average molecular weight is 405 g/mol. The molecule has 2 aromatic rings. The standard InChI is InChI=1S/C20H25N3O4S/c1-16-4-7-18(8-5-16)28(24,25)27-19-9-6-17(14-20(19)26-3)15-21-23-12-10-22(2)11-13-23/h4-9,14-15H,10-13H2,1-3H3/p+1/b21-15-. The molecule has 0 aliphatic carbocycles. The summed E-state index contributed by atoms with van der Waals surface area (Å²) in [5.74, 6) is 0.478. The van der Waals surface area contributed by atoms with Crippen molar-refractivity contribution >= 4 is 16.3 Å². The third kappa shape index (κ3) is 5.02. The Balaban J connectivity index is 1.75. The molecule has 0 spiro atoms. The summed E-state index contributed by atoms with van der Waals surface area (Å²) in [5.41, 5.74) is 1.78. The molecule has 2 aromatic carbocycles. The Bertz CT molecular complexity index is 934. The van der Waals surface area contributed by atoms with Crippen molar-refractivity contribution in [2.45, 2.75) is 11.8 Å².